The molecule has 0 aliphatic rings. The Morgan fingerprint density at radius 3 is 1.91 bits per heavy atom. The number of hydrogen-bond acceptors (Lipinski definition) is 0. The van der Waals surface area contributed by atoms with Crippen LogP contribution in [0.3, 0.4) is 0 Å². The van der Waals surface area contributed by atoms with Crippen LogP contribution >= 0.6 is 0 Å². The summed E-state index contributed by atoms with van der Waals surface area (Å²) in [6.07, 6.45) is 14.4. The van der Waals surface area contributed by atoms with Gasteiger partial charge < -0.3 is 0 Å². The summed E-state index contributed by atoms with van der Waals surface area (Å²) in [5.41, 5.74) is 7.96. The highest BCUT2D eigenvalue weighted by atomic mass is 14.0. The van der Waals surface area contributed by atoms with Gasteiger partial charge >= 0.3 is 0 Å². The Kier molecular flexibility index (Phi) is 11.0. The molecule has 0 saturated heterocycles. The molecule has 0 aliphatic heterocycles. The van der Waals surface area contributed by atoms with Crippen molar-refractivity contribution in [1.82, 2.24) is 0 Å². The van der Waals surface area contributed by atoms with Crippen LogP contribution in [0.2, 0.25) is 0 Å². The first kappa shape index (κ1) is 26.1. The summed E-state index contributed by atoms with van der Waals surface area (Å²) in [5, 5.41) is 0. The molecule has 3 aromatic carbocycles. The van der Waals surface area contributed by atoms with E-state index in [4.69, 9.17) is 0 Å². The summed E-state index contributed by atoms with van der Waals surface area (Å²) in [5.74, 6) is 13.2. The zero-order valence-corrected chi connectivity index (χ0v) is 21.7. The average Bonchev–Trinajstić information content (AvgIpc) is 2.88. The van der Waals surface area contributed by atoms with Crippen LogP contribution in [-0.4, -0.2) is 0 Å². The lowest BCUT2D eigenvalue weighted by atomic mass is 10.0. The van der Waals surface area contributed by atoms with E-state index in [1.54, 1.807) is 0 Å². The normalized spacial score (nSPS) is 10.5. The second-order valence-corrected chi connectivity index (χ2v) is 9.20. The monoisotopic (exact) mass is 458 g/mol. The number of unbranched alkanes of at least 4 members (excludes halogenated alkanes) is 5. The lowest BCUT2D eigenvalue weighted by Crippen LogP contribution is -1.87. The van der Waals surface area contributed by atoms with E-state index in [1.165, 1.54) is 49.7 Å². The van der Waals surface area contributed by atoms with Crippen molar-refractivity contribution < 1.29 is 0 Å². The van der Waals surface area contributed by atoms with Crippen molar-refractivity contribution in [2.45, 2.75) is 72.1 Å². The van der Waals surface area contributed by atoms with Gasteiger partial charge in [-0.25, -0.2) is 0 Å². The van der Waals surface area contributed by atoms with Crippen LogP contribution in [0.4, 0.5) is 0 Å². The zero-order chi connectivity index (χ0) is 24.7. The van der Waals surface area contributed by atoms with Crippen molar-refractivity contribution >= 4 is 6.08 Å². The summed E-state index contributed by atoms with van der Waals surface area (Å²) in [7, 11) is 0. The van der Waals surface area contributed by atoms with E-state index in [-0.39, 0.29) is 0 Å². The lowest BCUT2D eigenvalue weighted by molar-refractivity contribution is 0.717. The van der Waals surface area contributed by atoms with Crippen LogP contribution in [-0.2, 0) is 6.42 Å². The van der Waals surface area contributed by atoms with Gasteiger partial charge in [0, 0.05) is 22.3 Å². The third kappa shape index (κ3) is 9.35. The molecule has 0 heteroatoms. The second-order valence-electron chi connectivity index (χ2n) is 9.20. The molecule has 0 amide bonds. The molecule has 0 N–H and O–H groups in total. The molecule has 0 nitrogen and oxygen atoms in total. The van der Waals surface area contributed by atoms with Crippen molar-refractivity contribution in [3.05, 3.63) is 112 Å². The molecule has 0 radical (unpaired) electrons. The number of hydrogen-bond donors (Lipinski definition) is 0. The van der Waals surface area contributed by atoms with Crippen molar-refractivity contribution in [3.63, 3.8) is 0 Å². The first-order chi connectivity index (χ1) is 17.2. The molecule has 0 fully saturated rings. The fourth-order valence-corrected chi connectivity index (χ4v) is 3.91. The predicted molar refractivity (Wildman–Crippen MR) is 152 cm³/mol. The standard InChI is InChI=1S/C35H38/c1-4-6-8-9-11-13-31-14-18-32(19-15-31)22-23-34-25-27-35(29(3)28-34)26-24-33-20-16-30(17-21-33)12-10-7-5-2/h11,13-21,25,27-28H,4-10,12H2,1-3H3/b13-11+. The zero-order valence-electron chi connectivity index (χ0n) is 21.7. The quantitative estimate of drug-likeness (QED) is 0.221. The average molecular weight is 459 g/mol. The Bertz CT molecular complexity index is 1200. The minimum atomic E-state index is 1.02. The molecule has 0 spiro atoms. The van der Waals surface area contributed by atoms with Crippen molar-refractivity contribution in [3.8, 4) is 23.7 Å². The Morgan fingerprint density at radius 2 is 1.23 bits per heavy atom. The molecule has 0 aliphatic carbocycles. The van der Waals surface area contributed by atoms with Crippen molar-refractivity contribution in [1.29, 1.82) is 0 Å². The summed E-state index contributed by atoms with van der Waals surface area (Å²) >= 11 is 0. The molecule has 0 heterocycles. The molecule has 3 aromatic rings. The smallest absolute Gasteiger partial charge is 0.0279 e. The minimum absolute atomic E-state index is 1.02. The second kappa shape index (κ2) is 14.7. The van der Waals surface area contributed by atoms with Crippen LogP contribution in [0, 0.1) is 30.6 Å². The molecule has 178 valence electrons. The first-order valence-corrected chi connectivity index (χ1v) is 13.2. The van der Waals surface area contributed by atoms with Gasteiger partial charge in [0.05, 0.1) is 0 Å². The molecule has 35 heavy (non-hydrogen) atoms. The fourth-order valence-electron chi connectivity index (χ4n) is 3.91. The molecule has 0 atom stereocenters. The maximum atomic E-state index is 3.33. The van der Waals surface area contributed by atoms with Crippen molar-refractivity contribution in [2.75, 3.05) is 0 Å². The van der Waals surface area contributed by atoms with E-state index in [2.05, 4.69) is 123 Å². The summed E-state index contributed by atoms with van der Waals surface area (Å²) < 4.78 is 0. The maximum Gasteiger partial charge on any atom is 0.0279 e. The van der Waals surface area contributed by atoms with Gasteiger partial charge in [0.15, 0.2) is 0 Å². The highest BCUT2D eigenvalue weighted by Crippen LogP contribution is 2.12. The van der Waals surface area contributed by atoms with Gasteiger partial charge in [-0.1, -0.05) is 99.6 Å². The first-order valence-electron chi connectivity index (χ1n) is 13.2. The highest BCUT2D eigenvalue weighted by Gasteiger charge is 1.97. The fraction of sp³-hybridized carbons (Fsp3) is 0.314. The van der Waals surface area contributed by atoms with Gasteiger partial charge in [0.2, 0.25) is 0 Å². The SMILES string of the molecule is CCCCC/C=C/c1ccc(C#Cc2ccc(C#Cc3ccc(CCCCC)cc3)c(C)c2)cc1. The van der Waals surface area contributed by atoms with Gasteiger partial charge in [0.1, 0.15) is 0 Å². The third-order valence-corrected chi connectivity index (χ3v) is 6.14. The number of rotatable bonds is 9. The van der Waals surface area contributed by atoms with Crippen LogP contribution in [0.25, 0.3) is 6.08 Å². The van der Waals surface area contributed by atoms with Crippen molar-refractivity contribution in [2.24, 2.45) is 0 Å². The van der Waals surface area contributed by atoms with Crippen LogP contribution in [0.5, 0.6) is 0 Å². The minimum Gasteiger partial charge on any atom is -0.0839 e. The van der Waals surface area contributed by atoms with Gasteiger partial charge in [-0.3, -0.25) is 0 Å². The van der Waals surface area contributed by atoms with Gasteiger partial charge in [-0.05, 0) is 91.8 Å². The number of benzene rings is 3. The molecule has 3 rings (SSSR count). The largest absolute Gasteiger partial charge is 0.0839 e. The summed E-state index contributed by atoms with van der Waals surface area (Å²) in [6.45, 7) is 6.59. The van der Waals surface area contributed by atoms with E-state index in [1.807, 2.05) is 0 Å². The lowest BCUT2D eigenvalue weighted by Gasteiger charge is -2.01. The Hall–Kier alpha value is -3.48. The Balaban J connectivity index is 1.59. The maximum absolute atomic E-state index is 3.33. The highest BCUT2D eigenvalue weighted by molar-refractivity contribution is 5.54. The van der Waals surface area contributed by atoms with Crippen LogP contribution in [0.1, 0.15) is 97.7 Å². The van der Waals surface area contributed by atoms with E-state index in [9.17, 15) is 0 Å². The Morgan fingerprint density at radius 1 is 0.629 bits per heavy atom. The number of allylic oxidation sites excluding steroid dienone is 1. The van der Waals surface area contributed by atoms with Crippen LogP contribution in [0.15, 0.2) is 72.8 Å². The molecule has 0 unspecified atom stereocenters. The van der Waals surface area contributed by atoms with E-state index >= 15 is 0 Å². The van der Waals surface area contributed by atoms with E-state index in [0.717, 1.165) is 40.7 Å². The summed E-state index contributed by atoms with van der Waals surface area (Å²) in [6, 6.07) is 23.4. The van der Waals surface area contributed by atoms with E-state index in [0.29, 0.717) is 0 Å². The molecule has 0 aromatic heterocycles. The third-order valence-electron chi connectivity index (χ3n) is 6.14. The Labute approximate surface area is 213 Å². The molecule has 0 saturated carbocycles. The van der Waals surface area contributed by atoms with Gasteiger partial charge in [-0.15, -0.1) is 0 Å². The molecular formula is C35H38. The number of aryl methyl sites for hydroxylation is 2. The van der Waals surface area contributed by atoms with Crippen LogP contribution < -0.4 is 0 Å². The van der Waals surface area contributed by atoms with E-state index < -0.39 is 0 Å². The predicted octanol–water partition coefficient (Wildman–Crippen LogP) is 9.12. The van der Waals surface area contributed by atoms with Gasteiger partial charge in [0.25, 0.3) is 0 Å². The molecular weight excluding hydrogens is 420 g/mol. The summed E-state index contributed by atoms with van der Waals surface area (Å²) in [4.78, 5) is 0. The van der Waals surface area contributed by atoms with Gasteiger partial charge in [-0.2, -0.15) is 0 Å². The topological polar surface area (TPSA) is 0 Å². The molecule has 0 bridgehead atoms.